The summed E-state index contributed by atoms with van der Waals surface area (Å²) in [5.41, 5.74) is 5.72. The van der Waals surface area contributed by atoms with Crippen LogP contribution < -0.4 is 0 Å². The predicted octanol–water partition coefficient (Wildman–Crippen LogP) is 3.38. The Kier molecular flexibility index (Phi) is 2.73. The van der Waals surface area contributed by atoms with E-state index in [1.165, 1.54) is 11.1 Å². The van der Waals surface area contributed by atoms with Crippen molar-refractivity contribution >= 4 is 0 Å². The highest BCUT2D eigenvalue weighted by atomic mass is 14.9. The molecule has 1 aromatic heterocycles. The van der Waals surface area contributed by atoms with E-state index in [-0.39, 0.29) is 0 Å². The molecule has 16 heavy (non-hydrogen) atoms. The summed E-state index contributed by atoms with van der Waals surface area (Å²) in [5, 5.41) is 0. The molecule has 1 aromatic carbocycles. The van der Waals surface area contributed by atoms with Crippen molar-refractivity contribution in [1.82, 2.24) is 9.97 Å². The van der Waals surface area contributed by atoms with Crippen molar-refractivity contribution in [2.24, 2.45) is 0 Å². The summed E-state index contributed by atoms with van der Waals surface area (Å²) in [5.74, 6) is 0.839. The van der Waals surface area contributed by atoms with E-state index in [1.807, 2.05) is 20.8 Å². The average molecular weight is 212 g/mol. The molecular formula is C14H16N2. The van der Waals surface area contributed by atoms with E-state index >= 15 is 0 Å². The van der Waals surface area contributed by atoms with E-state index in [0.29, 0.717) is 0 Å². The second-order valence-corrected chi connectivity index (χ2v) is 4.18. The second kappa shape index (κ2) is 4.05. The minimum atomic E-state index is 0.839. The number of aromatic nitrogens is 2. The largest absolute Gasteiger partial charge is 0.238 e. The molecule has 2 nitrogen and oxygen atoms in total. The van der Waals surface area contributed by atoms with Crippen LogP contribution in [0.3, 0.4) is 0 Å². The first-order chi connectivity index (χ1) is 7.58. The van der Waals surface area contributed by atoms with Crippen LogP contribution in [0.15, 0.2) is 24.3 Å². The van der Waals surface area contributed by atoms with Gasteiger partial charge in [-0.1, -0.05) is 29.8 Å². The third-order valence-electron chi connectivity index (χ3n) is 2.72. The molecule has 0 radical (unpaired) electrons. The quantitative estimate of drug-likeness (QED) is 0.724. The van der Waals surface area contributed by atoms with Crippen LogP contribution in [0.5, 0.6) is 0 Å². The van der Waals surface area contributed by atoms with Crippen molar-refractivity contribution in [1.29, 1.82) is 0 Å². The normalized spacial score (nSPS) is 10.5. The summed E-state index contributed by atoms with van der Waals surface area (Å²) >= 11 is 0. The van der Waals surface area contributed by atoms with Gasteiger partial charge in [0.2, 0.25) is 0 Å². The number of hydrogen-bond acceptors (Lipinski definition) is 2. The van der Waals surface area contributed by atoms with E-state index in [0.717, 1.165) is 22.8 Å². The third-order valence-corrected chi connectivity index (χ3v) is 2.72. The fourth-order valence-corrected chi connectivity index (χ4v) is 2.02. The average Bonchev–Trinajstić information content (AvgIpc) is 2.19. The summed E-state index contributed by atoms with van der Waals surface area (Å²) in [4.78, 5) is 8.84. The van der Waals surface area contributed by atoms with Crippen molar-refractivity contribution in [2.75, 3.05) is 0 Å². The molecule has 0 fully saturated rings. The first-order valence-corrected chi connectivity index (χ1v) is 5.47. The maximum atomic E-state index is 4.42. The minimum Gasteiger partial charge on any atom is -0.238 e. The molecule has 0 unspecified atom stereocenters. The maximum absolute atomic E-state index is 4.42. The van der Waals surface area contributed by atoms with E-state index in [9.17, 15) is 0 Å². The van der Waals surface area contributed by atoms with Crippen LogP contribution in [-0.4, -0.2) is 9.97 Å². The molecule has 0 amide bonds. The van der Waals surface area contributed by atoms with Crippen molar-refractivity contribution in [3.8, 4) is 11.1 Å². The smallest absolute Gasteiger partial charge is 0.125 e. The lowest BCUT2D eigenvalue weighted by Gasteiger charge is -2.09. The lowest BCUT2D eigenvalue weighted by molar-refractivity contribution is 0.980. The second-order valence-electron chi connectivity index (χ2n) is 4.18. The Bertz CT molecular complexity index is 490. The molecule has 0 saturated carbocycles. The Hall–Kier alpha value is -1.70. The molecule has 0 bridgehead atoms. The van der Waals surface area contributed by atoms with Gasteiger partial charge in [0.15, 0.2) is 0 Å². The molecule has 0 spiro atoms. The lowest BCUT2D eigenvalue weighted by atomic mass is 10.0. The Morgan fingerprint density at radius 1 is 0.750 bits per heavy atom. The van der Waals surface area contributed by atoms with Gasteiger partial charge in [0.1, 0.15) is 5.82 Å². The first kappa shape index (κ1) is 10.8. The van der Waals surface area contributed by atoms with Crippen molar-refractivity contribution < 1.29 is 0 Å². The molecule has 2 aromatic rings. The molecular weight excluding hydrogens is 196 g/mol. The van der Waals surface area contributed by atoms with E-state index in [1.54, 1.807) is 0 Å². The zero-order valence-corrected chi connectivity index (χ0v) is 10.2. The number of hydrogen-bond donors (Lipinski definition) is 0. The van der Waals surface area contributed by atoms with Gasteiger partial charge >= 0.3 is 0 Å². The SMILES string of the molecule is Cc1ccc(-c2c(C)nc(C)nc2C)cc1. The zero-order valence-electron chi connectivity index (χ0n) is 10.2. The summed E-state index contributed by atoms with van der Waals surface area (Å²) in [6.45, 7) is 8.10. The van der Waals surface area contributed by atoms with Gasteiger partial charge in [-0.2, -0.15) is 0 Å². The van der Waals surface area contributed by atoms with Crippen LogP contribution in [0.1, 0.15) is 22.8 Å². The minimum absolute atomic E-state index is 0.839. The standard InChI is InChI=1S/C14H16N2/c1-9-5-7-13(8-6-9)14-10(2)15-12(4)16-11(14)3/h5-8H,1-4H3. The van der Waals surface area contributed by atoms with E-state index in [2.05, 4.69) is 41.2 Å². The van der Waals surface area contributed by atoms with Crippen LogP contribution in [0.25, 0.3) is 11.1 Å². The fraction of sp³-hybridized carbons (Fsp3) is 0.286. The van der Waals surface area contributed by atoms with E-state index < -0.39 is 0 Å². The number of benzene rings is 1. The Labute approximate surface area is 96.4 Å². The summed E-state index contributed by atoms with van der Waals surface area (Å²) < 4.78 is 0. The van der Waals surface area contributed by atoms with Gasteiger partial charge in [0, 0.05) is 17.0 Å². The molecule has 82 valence electrons. The van der Waals surface area contributed by atoms with Gasteiger partial charge in [-0.15, -0.1) is 0 Å². The number of nitrogens with zero attached hydrogens (tertiary/aromatic N) is 2. The first-order valence-electron chi connectivity index (χ1n) is 5.47. The molecule has 2 rings (SSSR count). The third kappa shape index (κ3) is 1.96. The van der Waals surface area contributed by atoms with Gasteiger partial charge in [0.05, 0.1) is 0 Å². The Morgan fingerprint density at radius 3 is 1.75 bits per heavy atom. The highest BCUT2D eigenvalue weighted by Gasteiger charge is 2.08. The van der Waals surface area contributed by atoms with Gasteiger partial charge in [-0.25, -0.2) is 9.97 Å². The molecule has 0 aliphatic heterocycles. The molecule has 0 aliphatic rings. The van der Waals surface area contributed by atoms with Crippen LogP contribution in [0, 0.1) is 27.7 Å². The van der Waals surface area contributed by atoms with Gasteiger partial charge < -0.3 is 0 Å². The van der Waals surface area contributed by atoms with E-state index in [4.69, 9.17) is 0 Å². The number of aryl methyl sites for hydroxylation is 4. The van der Waals surface area contributed by atoms with Crippen LogP contribution in [0.2, 0.25) is 0 Å². The molecule has 1 heterocycles. The maximum Gasteiger partial charge on any atom is 0.125 e. The topological polar surface area (TPSA) is 25.8 Å². The van der Waals surface area contributed by atoms with Gasteiger partial charge in [-0.05, 0) is 33.3 Å². The van der Waals surface area contributed by atoms with Crippen molar-refractivity contribution in [3.05, 3.63) is 47.0 Å². The van der Waals surface area contributed by atoms with Crippen LogP contribution in [0.4, 0.5) is 0 Å². The van der Waals surface area contributed by atoms with Gasteiger partial charge in [0.25, 0.3) is 0 Å². The van der Waals surface area contributed by atoms with Crippen LogP contribution in [-0.2, 0) is 0 Å². The summed E-state index contributed by atoms with van der Waals surface area (Å²) in [6.07, 6.45) is 0. The lowest BCUT2D eigenvalue weighted by Crippen LogP contribution is -1.98. The Morgan fingerprint density at radius 2 is 1.25 bits per heavy atom. The molecule has 2 heteroatoms. The molecule has 0 atom stereocenters. The Balaban J connectivity index is 2.60. The molecule has 0 N–H and O–H groups in total. The van der Waals surface area contributed by atoms with Crippen LogP contribution >= 0.6 is 0 Å². The molecule has 0 aliphatic carbocycles. The highest BCUT2D eigenvalue weighted by molar-refractivity contribution is 5.68. The monoisotopic (exact) mass is 212 g/mol. The molecule has 0 saturated heterocycles. The van der Waals surface area contributed by atoms with Crippen molar-refractivity contribution in [3.63, 3.8) is 0 Å². The van der Waals surface area contributed by atoms with Gasteiger partial charge in [-0.3, -0.25) is 0 Å². The summed E-state index contributed by atoms with van der Waals surface area (Å²) in [7, 11) is 0. The highest BCUT2D eigenvalue weighted by Crippen LogP contribution is 2.25. The predicted molar refractivity (Wildman–Crippen MR) is 66.4 cm³/mol. The fourth-order valence-electron chi connectivity index (χ4n) is 2.02. The van der Waals surface area contributed by atoms with Crippen molar-refractivity contribution in [2.45, 2.75) is 27.7 Å². The summed E-state index contributed by atoms with van der Waals surface area (Å²) in [6, 6.07) is 8.49. The number of rotatable bonds is 1. The zero-order chi connectivity index (χ0) is 11.7.